The molecule has 0 aliphatic carbocycles. The Hall–Kier alpha value is -4.07. The van der Waals surface area contributed by atoms with Crippen LogP contribution in [0.15, 0.2) is 61.2 Å². The standard InChI is InChI=1S/C26H29N3O5/c1-6-13-33-20-10-8-19(9-11-20)21-15-22(29(5)28-21)24(30)27-16-18-7-12-23(17(2)14-18)34-26(3,4)25(31)32/h6-12,14-15H,1,13,16H2,2-5H3,(H,27,30)(H,31,32). The van der Waals surface area contributed by atoms with Crippen LogP contribution in [0.5, 0.6) is 11.5 Å². The summed E-state index contributed by atoms with van der Waals surface area (Å²) >= 11 is 0. The number of carbonyl (C=O) groups excluding carboxylic acids is 1. The number of hydrogen-bond acceptors (Lipinski definition) is 5. The van der Waals surface area contributed by atoms with E-state index in [1.165, 1.54) is 13.8 Å². The monoisotopic (exact) mass is 463 g/mol. The Kier molecular flexibility index (Phi) is 7.40. The van der Waals surface area contributed by atoms with E-state index in [2.05, 4.69) is 17.0 Å². The van der Waals surface area contributed by atoms with E-state index in [1.807, 2.05) is 37.3 Å². The fraction of sp³-hybridized carbons (Fsp3) is 0.269. The molecule has 0 spiro atoms. The Bertz CT molecular complexity index is 1200. The van der Waals surface area contributed by atoms with E-state index < -0.39 is 11.6 Å². The number of ether oxygens (including phenoxy) is 2. The zero-order valence-electron chi connectivity index (χ0n) is 19.8. The van der Waals surface area contributed by atoms with Crippen LogP contribution in [0.2, 0.25) is 0 Å². The minimum Gasteiger partial charge on any atom is -0.490 e. The van der Waals surface area contributed by atoms with Crippen LogP contribution in [0.4, 0.5) is 0 Å². The van der Waals surface area contributed by atoms with Gasteiger partial charge in [-0.05, 0) is 68.3 Å². The SMILES string of the molecule is C=CCOc1ccc(-c2cc(C(=O)NCc3ccc(OC(C)(C)C(=O)O)c(C)c3)n(C)n2)cc1. The lowest BCUT2D eigenvalue weighted by molar-refractivity contribution is -0.152. The van der Waals surface area contributed by atoms with Crippen LogP contribution in [0.25, 0.3) is 11.3 Å². The van der Waals surface area contributed by atoms with E-state index in [1.54, 1.807) is 36.0 Å². The van der Waals surface area contributed by atoms with E-state index in [0.717, 1.165) is 22.4 Å². The maximum Gasteiger partial charge on any atom is 0.347 e. The minimum atomic E-state index is -1.34. The van der Waals surface area contributed by atoms with Crippen molar-refractivity contribution in [3.63, 3.8) is 0 Å². The van der Waals surface area contributed by atoms with Crippen LogP contribution in [0.3, 0.4) is 0 Å². The molecule has 0 aliphatic heterocycles. The first-order valence-electron chi connectivity index (χ1n) is 10.8. The fourth-order valence-electron chi connectivity index (χ4n) is 3.23. The molecule has 34 heavy (non-hydrogen) atoms. The topological polar surface area (TPSA) is 103 Å². The smallest absolute Gasteiger partial charge is 0.347 e. The lowest BCUT2D eigenvalue weighted by atomic mass is 10.1. The van der Waals surface area contributed by atoms with Gasteiger partial charge in [-0.15, -0.1) is 0 Å². The third-order valence-corrected chi connectivity index (χ3v) is 5.20. The van der Waals surface area contributed by atoms with Gasteiger partial charge in [-0.2, -0.15) is 5.10 Å². The average Bonchev–Trinajstić information content (AvgIpc) is 3.19. The third kappa shape index (κ3) is 5.83. The van der Waals surface area contributed by atoms with Crippen molar-refractivity contribution in [3.05, 3.63) is 78.0 Å². The van der Waals surface area contributed by atoms with Crippen LogP contribution >= 0.6 is 0 Å². The van der Waals surface area contributed by atoms with Crippen molar-refractivity contribution in [2.75, 3.05) is 6.61 Å². The molecule has 0 saturated heterocycles. The Labute approximate surface area is 198 Å². The first kappa shape index (κ1) is 24.6. The summed E-state index contributed by atoms with van der Waals surface area (Å²) in [5.41, 5.74) is 2.30. The summed E-state index contributed by atoms with van der Waals surface area (Å²) < 4.78 is 12.7. The van der Waals surface area contributed by atoms with Crippen molar-refractivity contribution in [3.8, 4) is 22.8 Å². The van der Waals surface area contributed by atoms with E-state index in [9.17, 15) is 14.7 Å². The van der Waals surface area contributed by atoms with Gasteiger partial charge in [-0.25, -0.2) is 4.79 Å². The van der Waals surface area contributed by atoms with Crippen LogP contribution in [-0.4, -0.2) is 39.0 Å². The molecular weight excluding hydrogens is 434 g/mol. The second-order valence-electron chi connectivity index (χ2n) is 8.36. The lowest BCUT2D eigenvalue weighted by Gasteiger charge is -2.23. The van der Waals surface area contributed by atoms with Crippen LogP contribution in [0, 0.1) is 6.92 Å². The second kappa shape index (κ2) is 10.2. The highest BCUT2D eigenvalue weighted by Crippen LogP contribution is 2.25. The van der Waals surface area contributed by atoms with Gasteiger partial charge in [0.25, 0.3) is 5.91 Å². The average molecular weight is 464 g/mol. The zero-order valence-corrected chi connectivity index (χ0v) is 19.8. The van der Waals surface area contributed by atoms with Crippen molar-refractivity contribution in [1.29, 1.82) is 0 Å². The molecule has 3 rings (SSSR count). The molecule has 1 heterocycles. The number of amides is 1. The van der Waals surface area contributed by atoms with Crippen molar-refractivity contribution in [2.45, 2.75) is 32.9 Å². The molecule has 0 fully saturated rings. The van der Waals surface area contributed by atoms with Gasteiger partial charge >= 0.3 is 5.97 Å². The third-order valence-electron chi connectivity index (χ3n) is 5.20. The molecule has 178 valence electrons. The Morgan fingerprint density at radius 3 is 2.50 bits per heavy atom. The highest BCUT2D eigenvalue weighted by molar-refractivity contribution is 5.93. The summed E-state index contributed by atoms with van der Waals surface area (Å²) in [5.74, 6) is -0.0802. The van der Waals surface area contributed by atoms with Crippen molar-refractivity contribution in [2.24, 2.45) is 7.05 Å². The van der Waals surface area contributed by atoms with Crippen LogP contribution in [-0.2, 0) is 18.4 Å². The summed E-state index contributed by atoms with van der Waals surface area (Å²) in [6.45, 7) is 9.19. The number of carboxylic acid groups (broad SMARTS) is 1. The second-order valence-corrected chi connectivity index (χ2v) is 8.36. The van der Waals surface area contributed by atoms with Gasteiger partial charge in [-0.1, -0.05) is 24.8 Å². The number of benzene rings is 2. The predicted octanol–water partition coefficient (Wildman–Crippen LogP) is 4.13. The Morgan fingerprint density at radius 1 is 1.18 bits per heavy atom. The predicted molar refractivity (Wildman–Crippen MR) is 129 cm³/mol. The number of aryl methyl sites for hydroxylation is 2. The quantitative estimate of drug-likeness (QED) is 0.438. The van der Waals surface area contributed by atoms with Crippen molar-refractivity contribution < 1.29 is 24.2 Å². The number of rotatable bonds is 10. The highest BCUT2D eigenvalue weighted by atomic mass is 16.5. The first-order valence-corrected chi connectivity index (χ1v) is 10.8. The number of nitrogens with zero attached hydrogens (tertiary/aromatic N) is 2. The number of carboxylic acids is 1. The van der Waals surface area contributed by atoms with E-state index >= 15 is 0 Å². The van der Waals surface area contributed by atoms with E-state index in [-0.39, 0.29) is 5.91 Å². The van der Waals surface area contributed by atoms with Gasteiger partial charge in [0.15, 0.2) is 5.60 Å². The summed E-state index contributed by atoms with van der Waals surface area (Å²) in [5, 5.41) is 16.6. The van der Waals surface area contributed by atoms with Crippen LogP contribution in [0.1, 0.15) is 35.5 Å². The van der Waals surface area contributed by atoms with Gasteiger partial charge in [0, 0.05) is 19.2 Å². The number of hydrogen-bond donors (Lipinski definition) is 2. The highest BCUT2D eigenvalue weighted by Gasteiger charge is 2.29. The van der Waals surface area contributed by atoms with Gasteiger partial charge in [-0.3, -0.25) is 9.48 Å². The molecule has 3 aromatic rings. The zero-order chi connectivity index (χ0) is 24.9. The fourth-order valence-corrected chi connectivity index (χ4v) is 3.23. The molecule has 2 N–H and O–H groups in total. The molecule has 2 aromatic carbocycles. The summed E-state index contributed by atoms with van der Waals surface area (Å²) in [4.78, 5) is 24.1. The number of aliphatic carboxylic acids is 1. The first-order chi connectivity index (χ1) is 16.1. The van der Waals surface area contributed by atoms with Gasteiger partial charge in [0.2, 0.25) is 0 Å². The molecule has 0 aliphatic rings. The molecular formula is C26H29N3O5. The molecule has 0 atom stereocenters. The molecule has 0 radical (unpaired) electrons. The minimum absolute atomic E-state index is 0.253. The molecule has 1 amide bonds. The number of nitrogens with one attached hydrogen (secondary N) is 1. The molecule has 8 heteroatoms. The largest absolute Gasteiger partial charge is 0.490 e. The van der Waals surface area contributed by atoms with Gasteiger partial charge < -0.3 is 19.9 Å². The summed E-state index contributed by atoms with van der Waals surface area (Å²) in [6.07, 6.45) is 1.68. The Balaban J connectivity index is 1.65. The molecule has 8 nitrogen and oxygen atoms in total. The van der Waals surface area contributed by atoms with E-state index in [0.29, 0.717) is 30.3 Å². The van der Waals surface area contributed by atoms with Gasteiger partial charge in [0.05, 0.1) is 5.69 Å². The molecule has 1 aromatic heterocycles. The van der Waals surface area contributed by atoms with Gasteiger partial charge in [0.1, 0.15) is 23.8 Å². The Morgan fingerprint density at radius 2 is 1.88 bits per heavy atom. The lowest BCUT2D eigenvalue weighted by Crippen LogP contribution is -2.38. The molecule has 0 unspecified atom stereocenters. The summed E-state index contributed by atoms with van der Waals surface area (Å²) in [7, 11) is 1.72. The van der Waals surface area contributed by atoms with E-state index in [4.69, 9.17) is 9.47 Å². The normalized spacial score (nSPS) is 11.1. The maximum atomic E-state index is 12.8. The summed E-state index contributed by atoms with van der Waals surface area (Å²) in [6, 6.07) is 14.6. The number of carbonyl (C=O) groups is 2. The number of aromatic nitrogens is 2. The maximum absolute atomic E-state index is 12.8. The molecule has 0 bridgehead atoms. The molecule has 0 saturated carbocycles. The van der Waals surface area contributed by atoms with Crippen molar-refractivity contribution in [1.82, 2.24) is 15.1 Å². The van der Waals surface area contributed by atoms with Crippen molar-refractivity contribution >= 4 is 11.9 Å². The van der Waals surface area contributed by atoms with Crippen LogP contribution < -0.4 is 14.8 Å².